The lowest BCUT2D eigenvalue weighted by atomic mass is 9.81. The van der Waals surface area contributed by atoms with Crippen molar-refractivity contribution in [1.82, 2.24) is 0 Å². The number of allylic oxidation sites excluding steroid dienone is 8. The molecule has 0 saturated heterocycles. The lowest BCUT2D eigenvalue weighted by Crippen LogP contribution is -2.48. The third-order valence-corrected chi connectivity index (χ3v) is 5.96. The number of aliphatic hydroxyl groups is 3. The molecule has 4 N–H and O–H groups in total. The maximum absolute atomic E-state index is 11.3. The smallest absolute Gasteiger partial charge is 0.317 e. The first kappa shape index (κ1) is 30.3. The second-order valence-corrected chi connectivity index (χ2v) is 9.27. The van der Waals surface area contributed by atoms with Gasteiger partial charge in [0.2, 0.25) is 0 Å². The van der Waals surface area contributed by atoms with Crippen molar-refractivity contribution in [1.29, 1.82) is 0 Å². The van der Waals surface area contributed by atoms with Crippen LogP contribution < -0.4 is 0 Å². The van der Waals surface area contributed by atoms with E-state index in [1.54, 1.807) is 0 Å². The van der Waals surface area contributed by atoms with Gasteiger partial charge in [0, 0.05) is 0 Å². The molecule has 5 nitrogen and oxygen atoms in total. The lowest BCUT2D eigenvalue weighted by Gasteiger charge is -2.30. The Morgan fingerprint density at radius 3 is 1.53 bits per heavy atom. The Hall–Kier alpha value is -1.69. The average molecular weight is 451 g/mol. The van der Waals surface area contributed by atoms with E-state index in [-0.39, 0.29) is 6.42 Å². The van der Waals surface area contributed by atoms with E-state index in [1.807, 2.05) is 0 Å². The second-order valence-electron chi connectivity index (χ2n) is 9.27. The quantitative estimate of drug-likeness (QED) is 0.168. The predicted molar refractivity (Wildman–Crippen MR) is 133 cm³/mol. The number of aliphatic hydroxyl groups excluding tert-OH is 3. The molecule has 0 aromatic rings. The molecule has 0 saturated carbocycles. The van der Waals surface area contributed by atoms with Gasteiger partial charge in [0.1, 0.15) is 5.41 Å². The maximum Gasteiger partial charge on any atom is 0.317 e. The van der Waals surface area contributed by atoms with E-state index < -0.39 is 30.7 Å². The predicted octanol–water partition coefficient (Wildman–Crippen LogP) is 5.72. The number of carbonyl (C=O) groups is 1. The van der Waals surface area contributed by atoms with Crippen LogP contribution in [-0.4, -0.2) is 45.7 Å². The first-order chi connectivity index (χ1) is 15.1. The van der Waals surface area contributed by atoms with E-state index in [4.69, 9.17) is 0 Å². The number of hydrogen-bond acceptors (Lipinski definition) is 4. The van der Waals surface area contributed by atoms with Gasteiger partial charge in [-0.3, -0.25) is 4.79 Å². The number of rotatable bonds is 17. The normalized spacial score (nSPS) is 14.4. The van der Waals surface area contributed by atoms with Crippen LogP contribution in [0.4, 0.5) is 0 Å². The van der Waals surface area contributed by atoms with Crippen LogP contribution in [0.1, 0.15) is 92.4 Å². The maximum atomic E-state index is 11.3. The van der Waals surface area contributed by atoms with Crippen LogP contribution in [0.15, 0.2) is 46.6 Å². The highest BCUT2D eigenvalue weighted by atomic mass is 16.4. The van der Waals surface area contributed by atoms with Crippen molar-refractivity contribution in [2.45, 2.75) is 98.5 Å². The Morgan fingerprint density at radius 2 is 1.16 bits per heavy atom. The molecule has 0 aliphatic heterocycles. The molecule has 0 bridgehead atoms. The van der Waals surface area contributed by atoms with Crippen LogP contribution in [0.2, 0.25) is 0 Å². The summed E-state index contributed by atoms with van der Waals surface area (Å²) >= 11 is 0. The van der Waals surface area contributed by atoms with Crippen LogP contribution in [0.25, 0.3) is 0 Å². The van der Waals surface area contributed by atoms with Gasteiger partial charge < -0.3 is 20.4 Å². The summed E-state index contributed by atoms with van der Waals surface area (Å²) in [5, 5.41) is 38.0. The van der Waals surface area contributed by atoms with E-state index in [0.29, 0.717) is 6.42 Å². The minimum Gasteiger partial charge on any atom is -0.481 e. The SMILES string of the molecule is CC(C)=CCCC(C)=CCCC(C)=CCCC(C)=CCCCC(O)C(CO)(CO)C(=O)O. The summed E-state index contributed by atoms with van der Waals surface area (Å²) in [6.45, 7) is 9.18. The molecule has 0 aliphatic carbocycles. The van der Waals surface area contributed by atoms with Crippen LogP contribution in [0.3, 0.4) is 0 Å². The number of aliphatic carboxylic acids is 1. The van der Waals surface area contributed by atoms with Crippen molar-refractivity contribution in [3.63, 3.8) is 0 Å². The highest BCUT2D eigenvalue weighted by molar-refractivity contribution is 5.75. The van der Waals surface area contributed by atoms with Gasteiger partial charge in [-0.25, -0.2) is 0 Å². The first-order valence-corrected chi connectivity index (χ1v) is 11.8. The van der Waals surface area contributed by atoms with E-state index in [2.05, 4.69) is 58.9 Å². The summed E-state index contributed by atoms with van der Waals surface area (Å²) in [6.07, 6.45) is 15.7. The summed E-state index contributed by atoms with van der Waals surface area (Å²) in [6, 6.07) is 0. The van der Waals surface area contributed by atoms with Crippen molar-refractivity contribution in [2.24, 2.45) is 5.41 Å². The van der Waals surface area contributed by atoms with Gasteiger partial charge in [-0.05, 0) is 92.4 Å². The Balaban J connectivity index is 4.26. The van der Waals surface area contributed by atoms with Gasteiger partial charge in [-0.1, -0.05) is 46.6 Å². The fraction of sp³-hybridized carbons (Fsp3) is 0.667. The van der Waals surface area contributed by atoms with Crippen molar-refractivity contribution in [2.75, 3.05) is 13.2 Å². The molecule has 0 amide bonds. The highest BCUT2D eigenvalue weighted by Crippen LogP contribution is 2.25. The fourth-order valence-corrected chi connectivity index (χ4v) is 3.46. The van der Waals surface area contributed by atoms with Crippen LogP contribution in [-0.2, 0) is 4.79 Å². The number of carboxylic acid groups (broad SMARTS) is 1. The van der Waals surface area contributed by atoms with Crippen molar-refractivity contribution < 1.29 is 25.2 Å². The lowest BCUT2D eigenvalue weighted by molar-refractivity contribution is -0.166. The topological polar surface area (TPSA) is 98.0 Å². The molecule has 5 heteroatoms. The molecule has 1 unspecified atom stereocenters. The van der Waals surface area contributed by atoms with E-state index in [0.717, 1.165) is 44.9 Å². The van der Waals surface area contributed by atoms with Gasteiger partial charge in [0.15, 0.2) is 0 Å². The number of hydrogen-bond donors (Lipinski definition) is 4. The monoisotopic (exact) mass is 450 g/mol. The number of carboxylic acids is 1. The summed E-state index contributed by atoms with van der Waals surface area (Å²) in [5.41, 5.74) is 3.62. The van der Waals surface area contributed by atoms with Crippen LogP contribution in [0.5, 0.6) is 0 Å². The molecule has 0 spiro atoms. The average Bonchev–Trinajstić information content (AvgIpc) is 2.72. The zero-order chi connectivity index (χ0) is 24.6. The van der Waals surface area contributed by atoms with Crippen LogP contribution in [0, 0.1) is 5.41 Å². The molecular formula is C27H46O5. The Kier molecular flexibility index (Phi) is 16.0. The summed E-state index contributed by atoms with van der Waals surface area (Å²) in [5.74, 6) is -1.38. The zero-order valence-corrected chi connectivity index (χ0v) is 20.9. The molecule has 32 heavy (non-hydrogen) atoms. The largest absolute Gasteiger partial charge is 0.481 e. The Labute approximate surface area is 195 Å². The van der Waals surface area contributed by atoms with Gasteiger partial charge in [-0.2, -0.15) is 0 Å². The molecule has 0 heterocycles. The Bertz CT molecular complexity index is 662. The first-order valence-electron chi connectivity index (χ1n) is 11.8. The van der Waals surface area contributed by atoms with E-state index >= 15 is 0 Å². The third-order valence-electron chi connectivity index (χ3n) is 5.96. The highest BCUT2D eigenvalue weighted by Gasteiger charge is 2.44. The van der Waals surface area contributed by atoms with Crippen molar-refractivity contribution >= 4 is 5.97 Å². The molecule has 184 valence electrons. The third kappa shape index (κ3) is 12.4. The van der Waals surface area contributed by atoms with E-state index in [1.165, 1.54) is 22.3 Å². The minimum absolute atomic E-state index is 0.220. The molecule has 0 rings (SSSR count). The molecule has 0 fully saturated rings. The second kappa shape index (κ2) is 16.9. The molecule has 0 radical (unpaired) electrons. The Morgan fingerprint density at radius 1 is 0.750 bits per heavy atom. The van der Waals surface area contributed by atoms with Gasteiger partial charge in [0.25, 0.3) is 0 Å². The summed E-state index contributed by atoms with van der Waals surface area (Å²) < 4.78 is 0. The van der Waals surface area contributed by atoms with Crippen LogP contribution >= 0.6 is 0 Å². The van der Waals surface area contributed by atoms with Gasteiger partial charge in [-0.15, -0.1) is 0 Å². The van der Waals surface area contributed by atoms with Crippen molar-refractivity contribution in [3.05, 3.63) is 46.6 Å². The molecule has 1 atom stereocenters. The molecule has 0 aromatic carbocycles. The number of unbranched alkanes of at least 4 members (excludes halogenated alkanes) is 1. The van der Waals surface area contributed by atoms with E-state index in [9.17, 15) is 25.2 Å². The van der Waals surface area contributed by atoms with Gasteiger partial charge >= 0.3 is 5.97 Å². The molecule has 0 aromatic heterocycles. The molecular weight excluding hydrogens is 404 g/mol. The molecule has 0 aliphatic rings. The van der Waals surface area contributed by atoms with Crippen molar-refractivity contribution in [3.8, 4) is 0 Å². The standard InChI is InChI=1S/C27H46O5/c1-21(2)11-8-13-23(4)15-10-17-24(5)16-9-14-22(3)12-6-7-18-25(30)27(19-28,20-29)26(31)32/h11-12,15-16,25,28-30H,6-10,13-14,17-20H2,1-5H3,(H,31,32). The summed E-state index contributed by atoms with van der Waals surface area (Å²) in [7, 11) is 0. The zero-order valence-electron chi connectivity index (χ0n) is 20.9. The van der Waals surface area contributed by atoms with Gasteiger partial charge in [0.05, 0.1) is 19.3 Å². The summed E-state index contributed by atoms with van der Waals surface area (Å²) in [4.78, 5) is 11.3. The fourth-order valence-electron chi connectivity index (χ4n) is 3.46. The minimum atomic E-state index is -1.89.